The zero-order valence-electron chi connectivity index (χ0n) is 17.7. The third-order valence-corrected chi connectivity index (χ3v) is 6.32. The van der Waals surface area contributed by atoms with Crippen molar-refractivity contribution in [1.29, 1.82) is 0 Å². The molecule has 0 amide bonds. The van der Waals surface area contributed by atoms with Gasteiger partial charge in [0, 0.05) is 57.2 Å². The zero-order chi connectivity index (χ0) is 19.9. The van der Waals surface area contributed by atoms with Gasteiger partial charge in [-0.1, -0.05) is 12.1 Å². The highest BCUT2D eigenvalue weighted by molar-refractivity contribution is 6.62. The van der Waals surface area contributed by atoms with Crippen LogP contribution in [0, 0.1) is 0 Å². The van der Waals surface area contributed by atoms with Crippen molar-refractivity contribution in [2.24, 2.45) is 7.05 Å². The molecule has 150 valence electrons. The molecular formula is C21H31BN4O2. The van der Waals surface area contributed by atoms with E-state index in [2.05, 4.69) is 73.1 Å². The van der Waals surface area contributed by atoms with Gasteiger partial charge in [-0.15, -0.1) is 0 Å². The summed E-state index contributed by atoms with van der Waals surface area (Å²) in [6, 6.07) is 8.66. The van der Waals surface area contributed by atoms with Crippen LogP contribution in [0.2, 0.25) is 0 Å². The number of hydrogen-bond acceptors (Lipinski definition) is 5. The van der Waals surface area contributed by atoms with Gasteiger partial charge in [-0.25, -0.2) is 0 Å². The Balaban J connectivity index is 1.34. The number of piperazine rings is 1. The molecule has 0 spiro atoms. The lowest BCUT2D eigenvalue weighted by Gasteiger charge is -2.36. The van der Waals surface area contributed by atoms with Gasteiger partial charge in [-0.3, -0.25) is 9.58 Å². The average molecular weight is 382 g/mol. The number of aromatic nitrogens is 2. The van der Waals surface area contributed by atoms with Crippen LogP contribution in [0.1, 0.15) is 33.3 Å². The zero-order valence-corrected chi connectivity index (χ0v) is 17.7. The molecule has 0 saturated carbocycles. The van der Waals surface area contributed by atoms with Gasteiger partial charge < -0.3 is 14.2 Å². The van der Waals surface area contributed by atoms with Gasteiger partial charge in [0.25, 0.3) is 0 Å². The molecule has 2 aliphatic rings. The molecule has 0 aliphatic carbocycles. The molecule has 4 rings (SSSR count). The third-order valence-electron chi connectivity index (χ3n) is 6.32. The van der Waals surface area contributed by atoms with E-state index >= 15 is 0 Å². The third kappa shape index (κ3) is 3.84. The first-order valence-electron chi connectivity index (χ1n) is 10.1. The Hall–Kier alpha value is -1.83. The molecule has 2 fully saturated rings. The Bertz CT molecular complexity index is 794. The molecule has 1 aromatic carbocycles. The SMILES string of the molecule is Cn1cc(CN2CCN(c3ccc(B4OC(C)(C)C(C)(C)O4)cc3)CC2)cn1. The fourth-order valence-electron chi connectivity index (χ4n) is 3.80. The van der Waals surface area contributed by atoms with E-state index in [0.29, 0.717) is 0 Å². The first kappa shape index (κ1) is 19.5. The molecule has 0 atom stereocenters. The van der Waals surface area contributed by atoms with E-state index in [-0.39, 0.29) is 18.3 Å². The molecule has 0 N–H and O–H groups in total. The fourth-order valence-corrected chi connectivity index (χ4v) is 3.80. The maximum Gasteiger partial charge on any atom is 0.494 e. The van der Waals surface area contributed by atoms with E-state index in [9.17, 15) is 0 Å². The van der Waals surface area contributed by atoms with Gasteiger partial charge in [0.2, 0.25) is 0 Å². The van der Waals surface area contributed by atoms with Crippen molar-refractivity contribution < 1.29 is 9.31 Å². The Morgan fingerprint density at radius 1 is 0.964 bits per heavy atom. The number of aryl methyl sites for hydroxylation is 1. The molecule has 2 aromatic rings. The largest absolute Gasteiger partial charge is 0.494 e. The van der Waals surface area contributed by atoms with E-state index in [4.69, 9.17) is 9.31 Å². The predicted molar refractivity (Wildman–Crippen MR) is 113 cm³/mol. The molecule has 0 unspecified atom stereocenters. The molecule has 2 saturated heterocycles. The van der Waals surface area contributed by atoms with Crippen molar-refractivity contribution in [2.45, 2.75) is 45.4 Å². The van der Waals surface area contributed by atoms with Crippen molar-refractivity contribution in [3.8, 4) is 0 Å². The highest BCUT2D eigenvalue weighted by Gasteiger charge is 2.51. The lowest BCUT2D eigenvalue weighted by atomic mass is 9.79. The monoisotopic (exact) mass is 382 g/mol. The van der Waals surface area contributed by atoms with Gasteiger partial charge in [0.1, 0.15) is 0 Å². The van der Waals surface area contributed by atoms with Crippen LogP contribution in [0.3, 0.4) is 0 Å². The van der Waals surface area contributed by atoms with Crippen molar-refractivity contribution >= 4 is 18.3 Å². The van der Waals surface area contributed by atoms with Gasteiger partial charge >= 0.3 is 7.12 Å². The molecule has 7 heteroatoms. The summed E-state index contributed by atoms with van der Waals surface area (Å²) in [5.41, 5.74) is 3.02. The summed E-state index contributed by atoms with van der Waals surface area (Å²) in [6.07, 6.45) is 4.06. The summed E-state index contributed by atoms with van der Waals surface area (Å²) >= 11 is 0. The number of rotatable bonds is 4. The molecule has 0 bridgehead atoms. The summed E-state index contributed by atoms with van der Waals surface area (Å²) in [5.74, 6) is 0. The molecule has 2 aliphatic heterocycles. The number of nitrogens with zero attached hydrogens (tertiary/aromatic N) is 4. The summed E-state index contributed by atoms with van der Waals surface area (Å²) < 4.78 is 14.2. The van der Waals surface area contributed by atoms with Gasteiger partial charge in [-0.2, -0.15) is 5.10 Å². The van der Waals surface area contributed by atoms with Crippen molar-refractivity contribution in [3.63, 3.8) is 0 Å². The summed E-state index contributed by atoms with van der Waals surface area (Å²) in [7, 11) is 1.67. The highest BCUT2D eigenvalue weighted by Crippen LogP contribution is 2.36. The van der Waals surface area contributed by atoms with E-state index < -0.39 is 0 Å². The molecule has 28 heavy (non-hydrogen) atoms. The van der Waals surface area contributed by atoms with Crippen molar-refractivity contribution in [3.05, 3.63) is 42.2 Å². The van der Waals surface area contributed by atoms with Gasteiger partial charge in [0.15, 0.2) is 0 Å². The minimum atomic E-state index is -0.305. The smallest absolute Gasteiger partial charge is 0.399 e. The van der Waals surface area contributed by atoms with Gasteiger partial charge in [0.05, 0.1) is 17.4 Å². The Morgan fingerprint density at radius 2 is 1.57 bits per heavy atom. The van der Waals surface area contributed by atoms with Crippen molar-refractivity contribution in [2.75, 3.05) is 31.1 Å². The van der Waals surface area contributed by atoms with E-state index in [1.54, 1.807) is 0 Å². The summed E-state index contributed by atoms with van der Waals surface area (Å²) in [4.78, 5) is 4.94. The summed E-state index contributed by atoms with van der Waals surface area (Å²) in [5, 5.41) is 4.26. The molecule has 1 aromatic heterocycles. The van der Waals surface area contributed by atoms with Crippen LogP contribution in [0.25, 0.3) is 0 Å². The molecule has 0 radical (unpaired) electrons. The quantitative estimate of drug-likeness (QED) is 0.758. The van der Waals surface area contributed by atoms with Crippen LogP contribution in [-0.4, -0.2) is 59.2 Å². The number of anilines is 1. The highest BCUT2D eigenvalue weighted by atomic mass is 16.7. The fraction of sp³-hybridized carbons (Fsp3) is 0.571. The second kappa shape index (κ2) is 7.21. The Labute approximate surface area is 168 Å². The summed E-state index contributed by atoms with van der Waals surface area (Å²) in [6.45, 7) is 13.5. The molecule has 3 heterocycles. The molecular weight excluding hydrogens is 351 g/mol. The standard InChI is InChI=1S/C21H31BN4O2/c1-20(2)21(3,4)28-22(27-20)18-6-8-19(9-7-18)26-12-10-25(11-13-26)16-17-14-23-24(5)15-17/h6-9,14-15H,10-13,16H2,1-5H3. The second-order valence-electron chi connectivity index (χ2n) is 8.97. The topological polar surface area (TPSA) is 42.8 Å². The first-order chi connectivity index (χ1) is 13.2. The van der Waals surface area contributed by atoms with Crippen LogP contribution >= 0.6 is 0 Å². The van der Waals surface area contributed by atoms with Crippen LogP contribution in [-0.2, 0) is 22.9 Å². The van der Waals surface area contributed by atoms with E-state index in [1.165, 1.54) is 11.3 Å². The number of hydrogen-bond donors (Lipinski definition) is 0. The first-order valence-corrected chi connectivity index (χ1v) is 10.1. The normalized spacial score (nSPS) is 22.0. The second-order valence-corrected chi connectivity index (χ2v) is 8.97. The molecule has 6 nitrogen and oxygen atoms in total. The average Bonchev–Trinajstić information content (AvgIpc) is 3.15. The van der Waals surface area contributed by atoms with Crippen LogP contribution in [0.15, 0.2) is 36.7 Å². The van der Waals surface area contributed by atoms with Crippen LogP contribution in [0.5, 0.6) is 0 Å². The lowest BCUT2D eigenvalue weighted by molar-refractivity contribution is 0.00578. The lowest BCUT2D eigenvalue weighted by Crippen LogP contribution is -2.46. The Morgan fingerprint density at radius 3 is 2.11 bits per heavy atom. The minimum absolute atomic E-state index is 0.296. The maximum absolute atomic E-state index is 6.16. The van der Waals surface area contributed by atoms with Crippen LogP contribution < -0.4 is 10.4 Å². The van der Waals surface area contributed by atoms with Gasteiger partial charge in [-0.05, 0) is 45.3 Å². The van der Waals surface area contributed by atoms with E-state index in [1.807, 2.05) is 17.9 Å². The number of benzene rings is 1. The van der Waals surface area contributed by atoms with Crippen molar-refractivity contribution in [1.82, 2.24) is 14.7 Å². The van der Waals surface area contributed by atoms with E-state index in [0.717, 1.165) is 38.2 Å². The maximum atomic E-state index is 6.16. The van der Waals surface area contributed by atoms with Crippen LogP contribution in [0.4, 0.5) is 5.69 Å². The predicted octanol–water partition coefficient (Wildman–Crippen LogP) is 2.04. The Kier molecular flexibility index (Phi) is 5.02. The minimum Gasteiger partial charge on any atom is -0.399 e.